The van der Waals surface area contributed by atoms with E-state index in [4.69, 9.17) is 9.05 Å². The average molecular weight is 206 g/mol. The third-order valence-electron chi connectivity index (χ3n) is 2.39. The number of rotatable bonds is 5. The number of hydrogen-bond donors (Lipinski definition) is 0. The van der Waals surface area contributed by atoms with Crippen molar-refractivity contribution in [2.45, 2.75) is 45.1 Å². The molecule has 78 valence electrons. The third kappa shape index (κ3) is 3.41. The van der Waals surface area contributed by atoms with E-state index in [-0.39, 0.29) is 6.10 Å². The van der Waals surface area contributed by atoms with Crippen LogP contribution in [0, 0.1) is 0 Å². The van der Waals surface area contributed by atoms with Gasteiger partial charge in [0.1, 0.15) is 0 Å². The molecule has 3 nitrogen and oxygen atoms in total. The molecule has 1 rings (SSSR count). The molecule has 0 spiro atoms. The van der Waals surface area contributed by atoms with Crippen LogP contribution in [0.15, 0.2) is 0 Å². The monoisotopic (exact) mass is 206 g/mol. The lowest BCUT2D eigenvalue weighted by atomic mass is 10.3. The highest BCUT2D eigenvalue weighted by Crippen LogP contribution is 2.50. The highest BCUT2D eigenvalue weighted by Gasteiger charge is 2.28. The lowest BCUT2D eigenvalue weighted by Crippen LogP contribution is -2.08. The van der Waals surface area contributed by atoms with E-state index in [0.29, 0.717) is 6.16 Å². The van der Waals surface area contributed by atoms with Gasteiger partial charge in [-0.05, 0) is 19.3 Å². The van der Waals surface area contributed by atoms with E-state index >= 15 is 0 Å². The van der Waals surface area contributed by atoms with Gasteiger partial charge in [-0.2, -0.15) is 0 Å². The lowest BCUT2D eigenvalue weighted by molar-refractivity contribution is 0.166. The van der Waals surface area contributed by atoms with E-state index in [1.807, 2.05) is 6.92 Å². The first-order valence-electron chi connectivity index (χ1n) is 5.03. The summed E-state index contributed by atoms with van der Waals surface area (Å²) in [6, 6.07) is 0. The molecule has 13 heavy (non-hydrogen) atoms. The molecule has 1 aliphatic carbocycles. The fourth-order valence-electron chi connectivity index (χ4n) is 1.68. The van der Waals surface area contributed by atoms with Crippen LogP contribution in [-0.4, -0.2) is 19.4 Å². The summed E-state index contributed by atoms with van der Waals surface area (Å²) >= 11 is 0. The predicted molar refractivity (Wildman–Crippen MR) is 53.1 cm³/mol. The van der Waals surface area contributed by atoms with Gasteiger partial charge in [0.25, 0.3) is 0 Å². The van der Waals surface area contributed by atoms with Crippen molar-refractivity contribution in [3.05, 3.63) is 0 Å². The van der Waals surface area contributed by atoms with Crippen LogP contribution in [0.1, 0.15) is 39.0 Å². The third-order valence-corrected chi connectivity index (χ3v) is 4.56. The second-order valence-electron chi connectivity index (χ2n) is 3.53. The average Bonchev–Trinajstić information content (AvgIpc) is 2.57. The number of hydrogen-bond acceptors (Lipinski definition) is 3. The zero-order chi connectivity index (χ0) is 9.73. The Morgan fingerprint density at radius 1 is 1.38 bits per heavy atom. The molecule has 0 aromatic carbocycles. The van der Waals surface area contributed by atoms with Gasteiger partial charge in [-0.15, -0.1) is 0 Å². The van der Waals surface area contributed by atoms with Crippen molar-refractivity contribution in [2.24, 2.45) is 0 Å². The fourth-order valence-corrected chi connectivity index (χ4v) is 3.27. The minimum Gasteiger partial charge on any atom is -0.312 e. The SMILES string of the molecule is CCCP(=O)(OC)OC1CCCC1. The molecule has 0 saturated heterocycles. The Balaban J connectivity index is 2.41. The van der Waals surface area contributed by atoms with Gasteiger partial charge in [-0.25, -0.2) is 0 Å². The minimum absolute atomic E-state index is 0.178. The Kier molecular flexibility index (Phi) is 4.43. The van der Waals surface area contributed by atoms with Crippen LogP contribution in [0.25, 0.3) is 0 Å². The predicted octanol–water partition coefficient (Wildman–Crippen LogP) is 3.20. The first kappa shape index (κ1) is 11.2. The molecule has 1 fully saturated rings. The van der Waals surface area contributed by atoms with Crippen molar-refractivity contribution in [3.63, 3.8) is 0 Å². The van der Waals surface area contributed by atoms with Gasteiger partial charge in [-0.1, -0.05) is 19.8 Å². The molecular weight excluding hydrogens is 187 g/mol. The summed E-state index contributed by atoms with van der Waals surface area (Å²) in [5.74, 6) is 0. The van der Waals surface area contributed by atoms with Gasteiger partial charge >= 0.3 is 7.60 Å². The summed E-state index contributed by atoms with van der Waals surface area (Å²) in [6.07, 6.45) is 6.03. The Labute approximate surface area is 80.3 Å². The van der Waals surface area contributed by atoms with E-state index in [1.54, 1.807) is 0 Å². The molecule has 4 heteroatoms. The van der Waals surface area contributed by atoms with Gasteiger partial charge in [0.15, 0.2) is 0 Å². The van der Waals surface area contributed by atoms with Crippen LogP contribution >= 0.6 is 7.60 Å². The van der Waals surface area contributed by atoms with Crippen molar-refractivity contribution in [3.8, 4) is 0 Å². The minimum atomic E-state index is -2.75. The molecule has 0 aromatic heterocycles. The van der Waals surface area contributed by atoms with Crippen LogP contribution in [0.4, 0.5) is 0 Å². The summed E-state index contributed by atoms with van der Waals surface area (Å²) in [5.41, 5.74) is 0. The Bertz CT molecular complexity index is 187. The topological polar surface area (TPSA) is 35.5 Å². The molecule has 0 heterocycles. The zero-order valence-corrected chi connectivity index (χ0v) is 9.39. The summed E-state index contributed by atoms with van der Waals surface area (Å²) in [4.78, 5) is 0. The molecule has 0 aliphatic heterocycles. The van der Waals surface area contributed by atoms with Crippen LogP contribution in [-0.2, 0) is 13.6 Å². The molecule has 0 amide bonds. The second kappa shape index (κ2) is 5.14. The highest BCUT2D eigenvalue weighted by atomic mass is 31.2. The van der Waals surface area contributed by atoms with Gasteiger partial charge in [0.2, 0.25) is 0 Å². The van der Waals surface area contributed by atoms with Gasteiger partial charge < -0.3 is 9.05 Å². The molecule has 0 N–H and O–H groups in total. The summed E-state index contributed by atoms with van der Waals surface area (Å²) in [5, 5.41) is 0. The van der Waals surface area contributed by atoms with Crippen LogP contribution in [0.5, 0.6) is 0 Å². The molecule has 0 radical (unpaired) electrons. The molecule has 1 aliphatic rings. The van der Waals surface area contributed by atoms with Crippen molar-refractivity contribution in [1.29, 1.82) is 0 Å². The first-order chi connectivity index (χ1) is 6.20. The standard InChI is InChI=1S/C9H19O3P/c1-3-8-13(10,11-2)12-9-6-4-5-7-9/h9H,3-8H2,1-2H3. The van der Waals surface area contributed by atoms with Crippen molar-refractivity contribution in [1.82, 2.24) is 0 Å². The summed E-state index contributed by atoms with van der Waals surface area (Å²) < 4.78 is 22.4. The van der Waals surface area contributed by atoms with E-state index in [1.165, 1.54) is 20.0 Å². The fraction of sp³-hybridized carbons (Fsp3) is 1.00. The maximum absolute atomic E-state index is 11.9. The first-order valence-corrected chi connectivity index (χ1v) is 6.76. The van der Waals surface area contributed by atoms with E-state index in [0.717, 1.165) is 19.3 Å². The Morgan fingerprint density at radius 3 is 2.46 bits per heavy atom. The van der Waals surface area contributed by atoms with Crippen LogP contribution in [0.3, 0.4) is 0 Å². The molecule has 0 aromatic rings. The van der Waals surface area contributed by atoms with Crippen LogP contribution < -0.4 is 0 Å². The summed E-state index contributed by atoms with van der Waals surface area (Å²) in [7, 11) is -1.27. The molecule has 1 atom stereocenters. The Morgan fingerprint density at radius 2 is 2.00 bits per heavy atom. The van der Waals surface area contributed by atoms with Crippen molar-refractivity contribution >= 4 is 7.60 Å². The summed E-state index contributed by atoms with van der Waals surface area (Å²) in [6.45, 7) is 1.99. The van der Waals surface area contributed by atoms with E-state index < -0.39 is 7.60 Å². The highest BCUT2D eigenvalue weighted by molar-refractivity contribution is 7.53. The molecule has 1 saturated carbocycles. The smallest absolute Gasteiger partial charge is 0.312 e. The largest absolute Gasteiger partial charge is 0.330 e. The van der Waals surface area contributed by atoms with Gasteiger partial charge in [0, 0.05) is 13.3 Å². The van der Waals surface area contributed by atoms with Crippen molar-refractivity contribution < 1.29 is 13.6 Å². The quantitative estimate of drug-likeness (QED) is 0.648. The van der Waals surface area contributed by atoms with Gasteiger partial charge in [0.05, 0.1) is 6.10 Å². The molecule has 1 unspecified atom stereocenters. The Hall–Kier alpha value is 0.150. The normalized spacial score (nSPS) is 23.2. The zero-order valence-electron chi connectivity index (χ0n) is 8.49. The van der Waals surface area contributed by atoms with Crippen molar-refractivity contribution in [2.75, 3.05) is 13.3 Å². The van der Waals surface area contributed by atoms with Crippen LogP contribution in [0.2, 0.25) is 0 Å². The van der Waals surface area contributed by atoms with E-state index in [2.05, 4.69) is 0 Å². The van der Waals surface area contributed by atoms with E-state index in [9.17, 15) is 4.57 Å². The second-order valence-corrected chi connectivity index (χ2v) is 5.77. The lowest BCUT2D eigenvalue weighted by Gasteiger charge is -2.19. The maximum Gasteiger partial charge on any atom is 0.330 e. The molecule has 0 bridgehead atoms. The maximum atomic E-state index is 11.9. The molecular formula is C9H19O3P. The van der Waals surface area contributed by atoms with Gasteiger partial charge in [-0.3, -0.25) is 4.57 Å².